The van der Waals surface area contributed by atoms with E-state index in [1.54, 1.807) is 18.2 Å². The van der Waals surface area contributed by atoms with Gasteiger partial charge in [-0.05, 0) is 38.0 Å². The molecule has 1 aliphatic rings. The van der Waals surface area contributed by atoms with Crippen molar-refractivity contribution in [1.82, 2.24) is 0 Å². The zero-order chi connectivity index (χ0) is 16.0. The fraction of sp³-hybridized carbons (Fsp3) is 0.529. The Kier molecular flexibility index (Phi) is 5.40. The molecule has 1 aromatic carbocycles. The molecule has 0 saturated heterocycles. The molecule has 0 aliphatic heterocycles. The van der Waals surface area contributed by atoms with E-state index in [2.05, 4.69) is 11.4 Å². The van der Waals surface area contributed by atoms with Crippen molar-refractivity contribution in [3.63, 3.8) is 0 Å². The van der Waals surface area contributed by atoms with E-state index in [1.165, 1.54) is 7.11 Å². The monoisotopic (exact) mass is 302 g/mol. The first-order valence-electron chi connectivity index (χ1n) is 7.69. The lowest BCUT2D eigenvalue weighted by atomic mass is 9.83. The molecule has 5 nitrogen and oxygen atoms in total. The van der Waals surface area contributed by atoms with Crippen LogP contribution in [0.5, 0.6) is 5.75 Å². The van der Waals surface area contributed by atoms with Crippen LogP contribution in [-0.2, 0) is 9.53 Å². The van der Waals surface area contributed by atoms with Crippen LogP contribution in [0.15, 0.2) is 18.2 Å². The number of nitrogens with one attached hydrogen (secondary N) is 1. The average molecular weight is 302 g/mol. The quantitative estimate of drug-likeness (QED) is 0.906. The third kappa shape index (κ3) is 3.40. The molecule has 1 aliphatic carbocycles. The maximum atomic E-state index is 12.7. The summed E-state index contributed by atoms with van der Waals surface area (Å²) in [5.41, 5.74) is 0.251. The first-order valence-corrected chi connectivity index (χ1v) is 7.69. The van der Waals surface area contributed by atoms with Crippen molar-refractivity contribution in [2.24, 2.45) is 0 Å². The lowest BCUT2D eigenvalue weighted by Crippen LogP contribution is -2.47. The van der Waals surface area contributed by atoms with Crippen LogP contribution in [0.2, 0.25) is 0 Å². The smallest absolute Gasteiger partial charge is 0.256 e. The number of benzene rings is 1. The van der Waals surface area contributed by atoms with Gasteiger partial charge in [-0.15, -0.1) is 0 Å². The van der Waals surface area contributed by atoms with Crippen molar-refractivity contribution in [1.29, 1.82) is 5.26 Å². The van der Waals surface area contributed by atoms with Gasteiger partial charge in [-0.25, -0.2) is 0 Å². The Morgan fingerprint density at radius 1 is 1.36 bits per heavy atom. The molecule has 0 heterocycles. The lowest BCUT2D eigenvalue weighted by molar-refractivity contribution is -0.145. The van der Waals surface area contributed by atoms with E-state index in [-0.39, 0.29) is 5.91 Å². The Hall–Kier alpha value is -2.06. The molecule has 1 fully saturated rings. The number of carbonyl (C=O) groups is 1. The first-order chi connectivity index (χ1) is 10.6. The molecule has 0 bridgehead atoms. The molecule has 1 amide bonds. The zero-order valence-electron chi connectivity index (χ0n) is 13.1. The number of hydrogen-bond donors (Lipinski definition) is 1. The van der Waals surface area contributed by atoms with Gasteiger partial charge < -0.3 is 14.8 Å². The minimum Gasteiger partial charge on any atom is -0.495 e. The second-order valence-electron chi connectivity index (χ2n) is 5.47. The third-order valence-electron chi connectivity index (χ3n) is 4.07. The molecule has 1 aromatic rings. The summed E-state index contributed by atoms with van der Waals surface area (Å²) in [6.07, 6.45) is 4.63. The number of anilines is 1. The molecule has 0 radical (unpaired) electrons. The summed E-state index contributed by atoms with van der Waals surface area (Å²) in [6.45, 7) is 2.42. The fourth-order valence-corrected chi connectivity index (χ4v) is 2.95. The van der Waals surface area contributed by atoms with Gasteiger partial charge >= 0.3 is 0 Å². The number of carbonyl (C=O) groups excluding carboxylic acids is 1. The molecule has 0 unspecified atom stereocenters. The minimum absolute atomic E-state index is 0.122. The second-order valence-corrected chi connectivity index (χ2v) is 5.47. The Labute approximate surface area is 131 Å². The van der Waals surface area contributed by atoms with E-state index in [9.17, 15) is 4.79 Å². The second kappa shape index (κ2) is 7.28. The highest BCUT2D eigenvalue weighted by Gasteiger charge is 2.40. The number of ether oxygens (including phenoxy) is 2. The lowest BCUT2D eigenvalue weighted by Gasteiger charge is -2.35. The number of amides is 1. The van der Waals surface area contributed by atoms with Crippen LogP contribution in [0.1, 0.15) is 44.6 Å². The van der Waals surface area contributed by atoms with Gasteiger partial charge in [0.05, 0.1) is 12.7 Å². The topological polar surface area (TPSA) is 71.3 Å². The van der Waals surface area contributed by atoms with Crippen LogP contribution in [0.25, 0.3) is 0 Å². The summed E-state index contributed by atoms with van der Waals surface area (Å²) in [7, 11) is 1.51. The summed E-state index contributed by atoms with van der Waals surface area (Å²) in [5, 5.41) is 12.0. The van der Waals surface area contributed by atoms with Crippen LogP contribution in [0, 0.1) is 11.3 Å². The Morgan fingerprint density at radius 2 is 2.09 bits per heavy atom. The number of nitrogens with zero attached hydrogens (tertiary/aromatic N) is 1. The summed E-state index contributed by atoms with van der Waals surface area (Å²) in [6, 6.07) is 7.11. The van der Waals surface area contributed by atoms with E-state index >= 15 is 0 Å². The van der Waals surface area contributed by atoms with Crippen LogP contribution < -0.4 is 10.1 Å². The predicted molar refractivity (Wildman–Crippen MR) is 83.8 cm³/mol. The SMILES string of the molecule is CCOC1(C(=O)Nc2ccc(OC)c(C#N)c2)CCCCC1. The first kappa shape index (κ1) is 16.3. The standard InChI is InChI=1S/C17H22N2O3/c1-3-22-17(9-5-4-6-10-17)16(20)19-14-7-8-15(21-2)13(11-14)12-18/h7-8,11H,3-6,9-10H2,1-2H3,(H,19,20). The van der Waals surface area contributed by atoms with Gasteiger partial charge in [0.15, 0.2) is 0 Å². The zero-order valence-corrected chi connectivity index (χ0v) is 13.1. The Bertz CT molecular complexity index is 566. The van der Waals surface area contributed by atoms with E-state index in [0.717, 1.165) is 32.1 Å². The summed E-state index contributed by atoms with van der Waals surface area (Å²) < 4.78 is 10.9. The molecular formula is C17H22N2O3. The largest absolute Gasteiger partial charge is 0.495 e. The van der Waals surface area contributed by atoms with Crippen LogP contribution in [0.3, 0.4) is 0 Å². The van der Waals surface area contributed by atoms with E-state index < -0.39 is 5.60 Å². The van der Waals surface area contributed by atoms with Gasteiger partial charge in [0.25, 0.3) is 5.91 Å². The molecule has 0 atom stereocenters. The summed E-state index contributed by atoms with van der Waals surface area (Å²) in [5.74, 6) is 0.376. The Balaban J connectivity index is 2.18. The van der Waals surface area contributed by atoms with Crippen molar-refractivity contribution in [2.45, 2.75) is 44.6 Å². The highest BCUT2D eigenvalue weighted by atomic mass is 16.5. The van der Waals surface area contributed by atoms with Crippen molar-refractivity contribution in [3.8, 4) is 11.8 Å². The molecule has 2 rings (SSSR count). The molecule has 0 aromatic heterocycles. The van der Waals surface area contributed by atoms with Crippen LogP contribution in [-0.4, -0.2) is 25.2 Å². The number of hydrogen-bond acceptors (Lipinski definition) is 4. The molecule has 0 spiro atoms. The van der Waals surface area contributed by atoms with Gasteiger partial charge in [-0.3, -0.25) is 4.79 Å². The maximum absolute atomic E-state index is 12.7. The van der Waals surface area contributed by atoms with Gasteiger partial charge in [0.1, 0.15) is 17.4 Å². The van der Waals surface area contributed by atoms with Crippen molar-refractivity contribution < 1.29 is 14.3 Å². The molecule has 118 valence electrons. The summed E-state index contributed by atoms with van der Waals surface area (Å²) >= 11 is 0. The van der Waals surface area contributed by atoms with Crippen molar-refractivity contribution in [3.05, 3.63) is 23.8 Å². The van der Waals surface area contributed by atoms with Crippen molar-refractivity contribution in [2.75, 3.05) is 19.0 Å². The maximum Gasteiger partial charge on any atom is 0.256 e. The van der Waals surface area contributed by atoms with Crippen LogP contribution in [0.4, 0.5) is 5.69 Å². The molecule has 1 N–H and O–H groups in total. The molecule has 1 saturated carbocycles. The van der Waals surface area contributed by atoms with Gasteiger partial charge in [0.2, 0.25) is 0 Å². The van der Waals surface area contributed by atoms with E-state index in [1.807, 2.05) is 6.92 Å². The predicted octanol–water partition coefficient (Wildman–Crippen LogP) is 3.24. The number of rotatable bonds is 5. The number of methoxy groups -OCH3 is 1. The van der Waals surface area contributed by atoms with Crippen molar-refractivity contribution >= 4 is 11.6 Å². The molecule has 5 heteroatoms. The third-order valence-corrected chi connectivity index (χ3v) is 4.07. The van der Waals surface area contributed by atoms with Gasteiger partial charge in [-0.2, -0.15) is 5.26 Å². The summed E-state index contributed by atoms with van der Waals surface area (Å²) in [4.78, 5) is 12.7. The average Bonchev–Trinajstić information content (AvgIpc) is 2.55. The highest BCUT2D eigenvalue weighted by molar-refractivity contribution is 5.97. The van der Waals surface area contributed by atoms with E-state index in [0.29, 0.717) is 23.6 Å². The minimum atomic E-state index is -0.736. The normalized spacial score (nSPS) is 16.6. The number of nitriles is 1. The fourth-order valence-electron chi connectivity index (χ4n) is 2.95. The highest BCUT2D eigenvalue weighted by Crippen LogP contribution is 2.33. The van der Waals surface area contributed by atoms with E-state index in [4.69, 9.17) is 14.7 Å². The van der Waals surface area contributed by atoms with Gasteiger partial charge in [-0.1, -0.05) is 19.3 Å². The molecule has 22 heavy (non-hydrogen) atoms. The molecular weight excluding hydrogens is 280 g/mol. The van der Waals surface area contributed by atoms with Gasteiger partial charge in [0, 0.05) is 12.3 Å². The Morgan fingerprint density at radius 3 is 2.68 bits per heavy atom. The van der Waals surface area contributed by atoms with Crippen LogP contribution >= 0.6 is 0 Å².